The number of aryl methyl sites for hydroxylation is 1. The largest absolute Gasteiger partial charge is 0.497 e. The smallest absolute Gasteiger partial charge is 0.329 e. The lowest BCUT2D eigenvalue weighted by atomic mass is 10.2. The van der Waals surface area contributed by atoms with Gasteiger partial charge in [0.2, 0.25) is 0 Å². The first kappa shape index (κ1) is 28.7. The van der Waals surface area contributed by atoms with Crippen molar-refractivity contribution in [2.75, 3.05) is 31.5 Å². The zero-order valence-corrected chi connectivity index (χ0v) is 23.5. The molecular formula is C26H24ClIN4O6. The van der Waals surface area contributed by atoms with Gasteiger partial charge in [0.1, 0.15) is 5.75 Å². The molecule has 0 aliphatic carbocycles. The summed E-state index contributed by atoms with van der Waals surface area (Å²) in [6.45, 7) is 1.60. The molecule has 12 heteroatoms. The monoisotopic (exact) mass is 650 g/mol. The summed E-state index contributed by atoms with van der Waals surface area (Å²) in [6.07, 6.45) is 1.35. The Labute approximate surface area is 237 Å². The number of nitrogens with zero attached hydrogens (tertiary/aromatic N) is 1. The molecule has 0 aromatic heterocycles. The second-order valence-electron chi connectivity index (χ2n) is 7.71. The molecule has 0 saturated heterocycles. The number of benzene rings is 3. The molecule has 0 fully saturated rings. The number of nitrogens with one attached hydrogen (secondary N) is 3. The van der Waals surface area contributed by atoms with Gasteiger partial charge >= 0.3 is 11.8 Å². The van der Waals surface area contributed by atoms with Crippen LogP contribution in [0.4, 0.5) is 11.4 Å². The van der Waals surface area contributed by atoms with Crippen LogP contribution in [0.1, 0.15) is 11.1 Å². The molecule has 0 bridgehead atoms. The average molecular weight is 651 g/mol. The summed E-state index contributed by atoms with van der Waals surface area (Å²) in [5.41, 5.74) is 4.63. The lowest BCUT2D eigenvalue weighted by molar-refractivity contribution is -0.136. The van der Waals surface area contributed by atoms with Crippen molar-refractivity contribution in [2.24, 2.45) is 5.10 Å². The van der Waals surface area contributed by atoms with Crippen LogP contribution in [0.25, 0.3) is 0 Å². The third-order valence-electron chi connectivity index (χ3n) is 5.01. The van der Waals surface area contributed by atoms with E-state index in [9.17, 15) is 14.4 Å². The number of hydrazone groups is 1. The van der Waals surface area contributed by atoms with Crippen LogP contribution in [0.2, 0.25) is 5.02 Å². The van der Waals surface area contributed by atoms with Crippen molar-refractivity contribution >= 4 is 69.5 Å². The Bertz CT molecular complexity index is 1360. The van der Waals surface area contributed by atoms with Crippen molar-refractivity contribution in [2.45, 2.75) is 6.92 Å². The predicted molar refractivity (Wildman–Crippen MR) is 153 cm³/mol. The molecule has 3 rings (SSSR count). The molecular weight excluding hydrogens is 627 g/mol. The lowest BCUT2D eigenvalue weighted by Gasteiger charge is -2.14. The second-order valence-corrected chi connectivity index (χ2v) is 9.31. The third-order valence-corrected chi connectivity index (χ3v) is 6.04. The number of amides is 3. The quantitative estimate of drug-likeness (QED) is 0.137. The fourth-order valence-electron chi connectivity index (χ4n) is 3.09. The zero-order valence-electron chi connectivity index (χ0n) is 20.6. The maximum Gasteiger partial charge on any atom is 0.329 e. The zero-order chi connectivity index (χ0) is 27.7. The van der Waals surface area contributed by atoms with Gasteiger partial charge in [0, 0.05) is 16.4 Å². The number of hydrogen-bond acceptors (Lipinski definition) is 7. The highest BCUT2D eigenvalue weighted by atomic mass is 127. The third kappa shape index (κ3) is 8.08. The van der Waals surface area contributed by atoms with Crippen LogP contribution in [0.5, 0.6) is 17.2 Å². The molecule has 198 valence electrons. The summed E-state index contributed by atoms with van der Waals surface area (Å²) >= 11 is 8.03. The fourth-order valence-corrected chi connectivity index (χ4v) is 4.04. The Morgan fingerprint density at radius 2 is 1.71 bits per heavy atom. The topological polar surface area (TPSA) is 127 Å². The Hall–Kier alpha value is -3.84. The minimum atomic E-state index is -0.945. The molecule has 38 heavy (non-hydrogen) atoms. The van der Waals surface area contributed by atoms with Gasteiger partial charge in [-0.3, -0.25) is 14.4 Å². The van der Waals surface area contributed by atoms with Crippen LogP contribution >= 0.6 is 34.2 Å². The predicted octanol–water partition coefficient (Wildman–Crippen LogP) is 4.38. The fraction of sp³-hybridized carbons (Fsp3) is 0.154. The number of halogens is 2. The van der Waals surface area contributed by atoms with Gasteiger partial charge in [0.05, 0.1) is 24.0 Å². The van der Waals surface area contributed by atoms with Crippen molar-refractivity contribution in [1.29, 1.82) is 0 Å². The molecule has 10 nitrogen and oxygen atoms in total. The second kappa shape index (κ2) is 13.6. The minimum Gasteiger partial charge on any atom is -0.497 e. The van der Waals surface area contributed by atoms with Gasteiger partial charge in [0.15, 0.2) is 18.1 Å². The van der Waals surface area contributed by atoms with Gasteiger partial charge in [0.25, 0.3) is 5.91 Å². The highest BCUT2D eigenvalue weighted by Crippen LogP contribution is 2.33. The average Bonchev–Trinajstić information content (AvgIpc) is 2.90. The normalized spacial score (nSPS) is 10.6. The van der Waals surface area contributed by atoms with Gasteiger partial charge in [-0.2, -0.15) is 5.10 Å². The molecule has 0 aliphatic heterocycles. The summed E-state index contributed by atoms with van der Waals surface area (Å²) in [4.78, 5) is 36.6. The van der Waals surface area contributed by atoms with Crippen molar-refractivity contribution < 1.29 is 28.6 Å². The maximum atomic E-state index is 12.4. The number of carbonyl (C=O) groups is 3. The van der Waals surface area contributed by atoms with E-state index in [0.29, 0.717) is 42.8 Å². The van der Waals surface area contributed by atoms with Crippen LogP contribution in [-0.4, -0.2) is 44.8 Å². The van der Waals surface area contributed by atoms with E-state index in [-0.39, 0.29) is 12.5 Å². The molecule has 0 atom stereocenters. The number of carbonyl (C=O) groups excluding carboxylic acids is 3. The molecule has 3 aromatic carbocycles. The summed E-state index contributed by atoms with van der Waals surface area (Å²) < 4.78 is 16.8. The summed E-state index contributed by atoms with van der Waals surface area (Å²) in [5, 5.41) is 9.57. The van der Waals surface area contributed by atoms with Crippen LogP contribution in [0.15, 0.2) is 59.7 Å². The van der Waals surface area contributed by atoms with Crippen molar-refractivity contribution in [3.8, 4) is 17.2 Å². The van der Waals surface area contributed by atoms with Crippen LogP contribution in [0.3, 0.4) is 0 Å². The van der Waals surface area contributed by atoms with E-state index in [1.165, 1.54) is 20.4 Å². The van der Waals surface area contributed by atoms with E-state index in [2.05, 4.69) is 21.2 Å². The number of ether oxygens (including phenoxy) is 3. The van der Waals surface area contributed by atoms with Crippen molar-refractivity contribution in [3.63, 3.8) is 0 Å². The number of rotatable bonds is 9. The van der Waals surface area contributed by atoms with Gasteiger partial charge < -0.3 is 24.8 Å². The van der Waals surface area contributed by atoms with Crippen LogP contribution < -0.4 is 30.3 Å². The van der Waals surface area contributed by atoms with E-state index in [4.69, 9.17) is 25.8 Å². The first-order valence-electron chi connectivity index (χ1n) is 11.0. The number of methoxy groups -OCH3 is 2. The van der Waals surface area contributed by atoms with E-state index < -0.39 is 11.8 Å². The molecule has 0 heterocycles. The number of hydrogen-bond donors (Lipinski definition) is 3. The molecule has 3 aromatic rings. The molecule has 0 radical (unpaired) electrons. The van der Waals surface area contributed by atoms with E-state index in [0.717, 1.165) is 5.56 Å². The Morgan fingerprint density at radius 3 is 2.39 bits per heavy atom. The highest BCUT2D eigenvalue weighted by molar-refractivity contribution is 14.1. The summed E-state index contributed by atoms with van der Waals surface area (Å²) in [6, 6.07) is 15.1. The molecule has 0 aliphatic rings. The minimum absolute atomic E-state index is 0.259. The molecule has 3 N–H and O–H groups in total. The summed E-state index contributed by atoms with van der Waals surface area (Å²) in [7, 11) is 2.99. The molecule has 3 amide bonds. The number of anilines is 2. The van der Waals surface area contributed by atoms with Gasteiger partial charge in [-0.25, -0.2) is 5.43 Å². The first-order chi connectivity index (χ1) is 18.2. The lowest BCUT2D eigenvalue weighted by Crippen LogP contribution is -2.32. The highest BCUT2D eigenvalue weighted by Gasteiger charge is 2.15. The van der Waals surface area contributed by atoms with Crippen molar-refractivity contribution in [3.05, 3.63) is 74.3 Å². The maximum absolute atomic E-state index is 12.4. The molecule has 0 saturated carbocycles. The molecule has 0 unspecified atom stereocenters. The standard InChI is InChI=1S/C26H24ClIN4O6/c1-15-4-5-17(27)12-21(15)31-23(33)14-38-24-20(28)10-16(11-22(24)37-3)13-29-32-26(35)25(34)30-18-6-8-19(36-2)9-7-18/h4-13H,14H2,1-3H3,(H,30,34)(H,31,33)(H,32,35)/b29-13-. The van der Waals surface area contributed by atoms with Crippen molar-refractivity contribution in [1.82, 2.24) is 5.43 Å². The first-order valence-corrected chi connectivity index (χ1v) is 12.5. The van der Waals surface area contributed by atoms with Gasteiger partial charge in [-0.15, -0.1) is 0 Å². The SMILES string of the molecule is COc1ccc(NC(=O)C(=O)N/N=C\c2cc(I)c(OCC(=O)Nc3cc(Cl)ccc3C)c(OC)c2)cc1. The van der Waals surface area contributed by atoms with Gasteiger partial charge in [-0.05, 0) is 89.2 Å². The van der Waals surface area contributed by atoms with Gasteiger partial charge in [-0.1, -0.05) is 17.7 Å². The Kier molecular flexibility index (Phi) is 10.3. The van der Waals surface area contributed by atoms with Crippen LogP contribution in [-0.2, 0) is 14.4 Å². The molecule has 0 spiro atoms. The van der Waals surface area contributed by atoms with Crippen LogP contribution in [0, 0.1) is 10.5 Å². The van der Waals surface area contributed by atoms with E-state index >= 15 is 0 Å². The summed E-state index contributed by atoms with van der Waals surface area (Å²) in [5.74, 6) is -0.849. The van der Waals surface area contributed by atoms with E-state index in [1.54, 1.807) is 54.6 Å². The van der Waals surface area contributed by atoms with E-state index in [1.807, 2.05) is 29.5 Å². The Morgan fingerprint density at radius 1 is 0.974 bits per heavy atom. The Balaban J connectivity index is 1.58.